The first-order valence-electron chi connectivity index (χ1n) is 10.5. The highest BCUT2D eigenvalue weighted by Crippen LogP contribution is 2.35. The molecule has 1 fully saturated rings. The lowest BCUT2D eigenvalue weighted by Crippen LogP contribution is -2.23. The van der Waals surface area contributed by atoms with Crippen LogP contribution in [0.5, 0.6) is 5.75 Å². The summed E-state index contributed by atoms with van der Waals surface area (Å²) in [6.07, 6.45) is 1.68. The Kier molecular flexibility index (Phi) is 7.58. The van der Waals surface area contributed by atoms with E-state index in [9.17, 15) is 14.7 Å². The molecule has 0 radical (unpaired) electrons. The standard InChI is InChI=1S/C24H27N3O4S/c1-5-27(6-2)19-13-10-17(20(28)15-19)14-21-22(29)26(4)24(32-21)25-18-11-8-16(9-12-18)23(30)31-7-3/h8-15,28H,5-7H2,1-4H3. The number of amides is 1. The van der Waals surface area contributed by atoms with Crippen LogP contribution in [0.3, 0.4) is 0 Å². The Morgan fingerprint density at radius 3 is 2.44 bits per heavy atom. The number of benzene rings is 2. The number of carbonyl (C=O) groups excluding carboxylic acids is 2. The molecule has 0 unspecified atom stereocenters. The van der Waals surface area contributed by atoms with Gasteiger partial charge in [-0.1, -0.05) is 0 Å². The summed E-state index contributed by atoms with van der Waals surface area (Å²) in [5, 5.41) is 11.0. The summed E-state index contributed by atoms with van der Waals surface area (Å²) >= 11 is 1.24. The van der Waals surface area contributed by atoms with Crippen LogP contribution in [-0.2, 0) is 9.53 Å². The SMILES string of the molecule is CCOC(=O)c1ccc(N=C2SC(=Cc3ccc(N(CC)CC)cc3O)C(=O)N2C)cc1. The predicted octanol–water partition coefficient (Wildman–Crippen LogP) is 4.65. The van der Waals surface area contributed by atoms with Gasteiger partial charge in [-0.05, 0) is 75.0 Å². The molecule has 7 nitrogen and oxygen atoms in total. The van der Waals surface area contributed by atoms with Crippen LogP contribution in [0, 0.1) is 0 Å². The van der Waals surface area contributed by atoms with Gasteiger partial charge in [0.25, 0.3) is 5.91 Å². The minimum atomic E-state index is -0.383. The molecule has 8 heteroatoms. The zero-order chi connectivity index (χ0) is 23.3. The number of hydrogen-bond donors (Lipinski definition) is 1. The van der Waals surface area contributed by atoms with E-state index in [2.05, 4.69) is 23.7 Å². The van der Waals surface area contributed by atoms with Crippen LogP contribution in [0.15, 0.2) is 52.4 Å². The quantitative estimate of drug-likeness (QED) is 0.485. The van der Waals surface area contributed by atoms with Crippen molar-refractivity contribution in [3.8, 4) is 5.75 Å². The Morgan fingerprint density at radius 2 is 1.84 bits per heavy atom. The molecule has 0 aliphatic carbocycles. The van der Waals surface area contributed by atoms with Gasteiger partial charge in [0, 0.05) is 37.5 Å². The van der Waals surface area contributed by atoms with Crippen LogP contribution in [0.2, 0.25) is 0 Å². The van der Waals surface area contributed by atoms with Gasteiger partial charge in [0.15, 0.2) is 5.17 Å². The fourth-order valence-corrected chi connectivity index (χ4v) is 4.21. The molecule has 0 spiro atoms. The lowest BCUT2D eigenvalue weighted by atomic mass is 10.1. The zero-order valence-electron chi connectivity index (χ0n) is 18.7. The number of hydrogen-bond acceptors (Lipinski definition) is 7. The van der Waals surface area contributed by atoms with E-state index in [1.165, 1.54) is 16.7 Å². The van der Waals surface area contributed by atoms with Gasteiger partial charge in [0.05, 0.1) is 22.8 Å². The van der Waals surface area contributed by atoms with Crippen molar-refractivity contribution in [3.05, 3.63) is 58.5 Å². The normalized spacial score (nSPS) is 16.1. The molecular weight excluding hydrogens is 426 g/mol. The number of amidine groups is 1. The van der Waals surface area contributed by atoms with E-state index < -0.39 is 0 Å². The Hall–Kier alpha value is -3.26. The van der Waals surface area contributed by atoms with Crippen molar-refractivity contribution in [2.45, 2.75) is 20.8 Å². The van der Waals surface area contributed by atoms with E-state index in [4.69, 9.17) is 4.74 Å². The molecule has 1 aliphatic rings. The number of thioether (sulfide) groups is 1. The van der Waals surface area contributed by atoms with Crippen molar-refractivity contribution >= 4 is 46.3 Å². The lowest BCUT2D eigenvalue weighted by Gasteiger charge is -2.21. The Labute approximate surface area is 192 Å². The van der Waals surface area contributed by atoms with Gasteiger partial charge in [-0.25, -0.2) is 9.79 Å². The van der Waals surface area contributed by atoms with Crippen molar-refractivity contribution in [2.75, 3.05) is 31.6 Å². The number of carbonyl (C=O) groups is 2. The highest BCUT2D eigenvalue weighted by molar-refractivity contribution is 8.18. The van der Waals surface area contributed by atoms with Crippen LogP contribution in [0.25, 0.3) is 6.08 Å². The summed E-state index contributed by atoms with van der Waals surface area (Å²) in [5.74, 6) is -0.451. The third-order valence-corrected chi connectivity index (χ3v) is 6.10. The average Bonchev–Trinajstić information content (AvgIpc) is 3.04. The number of likely N-dealkylation sites (N-methyl/N-ethyl adjacent to an activating group) is 1. The number of aromatic hydroxyl groups is 1. The molecule has 1 amide bonds. The molecule has 0 bridgehead atoms. The first-order chi connectivity index (χ1) is 15.4. The van der Waals surface area contributed by atoms with E-state index in [0.717, 1.165) is 18.8 Å². The molecule has 1 N–H and O–H groups in total. The minimum Gasteiger partial charge on any atom is -0.507 e. The molecular formula is C24H27N3O4S. The highest BCUT2D eigenvalue weighted by atomic mass is 32.2. The molecule has 3 rings (SSSR count). The molecule has 0 aromatic heterocycles. The number of ether oxygens (including phenoxy) is 1. The van der Waals surface area contributed by atoms with Gasteiger partial charge in [-0.2, -0.15) is 0 Å². The van der Waals surface area contributed by atoms with E-state index >= 15 is 0 Å². The molecule has 0 saturated carbocycles. The van der Waals surface area contributed by atoms with Gasteiger partial charge < -0.3 is 14.7 Å². The van der Waals surface area contributed by atoms with Crippen LogP contribution in [0.1, 0.15) is 36.7 Å². The fraction of sp³-hybridized carbons (Fsp3) is 0.292. The molecule has 1 saturated heterocycles. The maximum atomic E-state index is 12.7. The fourth-order valence-electron chi connectivity index (χ4n) is 3.23. The molecule has 0 atom stereocenters. The minimum absolute atomic E-state index is 0.123. The summed E-state index contributed by atoms with van der Waals surface area (Å²) in [7, 11) is 1.66. The average molecular weight is 454 g/mol. The summed E-state index contributed by atoms with van der Waals surface area (Å²) in [6.45, 7) is 7.88. The highest BCUT2D eigenvalue weighted by Gasteiger charge is 2.30. The number of phenols is 1. The van der Waals surface area contributed by atoms with Crippen molar-refractivity contribution in [1.29, 1.82) is 0 Å². The molecule has 2 aromatic rings. The summed E-state index contributed by atoms with van der Waals surface area (Å²) < 4.78 is 4.98. The second kappa shape index (κ2) is 10.4. The smallest absolute Gasteiger partial charge is 0.338 e. The number of phenolic OH excluding ortho intramolecular Hbond substituents is 1. The lowest BCUT2D eigenvalue weighted by molar-refractivity contribution is -0.121. The van der Waals surface area contributed by atoms with Crippen LogP contribution < -0.4 is 4.90 Å². The summed E-state index contributed by atoms with van der Waals surface area (Å²) in [4.78, 5) is 33.1. The first-order valence-corrected chi connectivity index (χ1v) is 11.3. The number of esters is 1. The third kappa shape index (κ3) is 5.13. The van der Waals surface area contributed by atoms with Crippen LogP contribution in [-0.4, -0.2) is 53.8 Å². The van der Waals surface area contributed by atoms with Crippen LogP contribution >= 0.6 is 11.8 Å². The predicted molar refractivity (Wildman–Crippen MR) is 129 cm³/mol. The van der Waals surface area contributed by atoms with Gasteiger partial charge in [0.2, 0.25) is 0 Å². The maximum Gasteiger partial charge on any atom is 0.338 e. The molecule has 1 heterocycles. The number of nitrogens with zero attached hydrogens (tertiary/aromatic N) is 3. The van der Waals surface area contributed by atoms with Crippen LogP contribution in [0.4, 0.5) is 11.4 Å². The largest absolute Gasteiger partial charge is 0.507 e. The van der Waals surface area contributed by atoms with Gasteiger partial charge in [0.1, 0.15) is 5.75 Å². The molecule has 1 aliphatic heterocycles. The topological polar surface area (TPSA) is 82.4 Å². The number of rotatable bonds is 7. The monoisotopic (exact) mass is 453 g/mol. The molecule has 32 heavy (non-hydrogen) atoms. The van der Waals surface area contributed by atoms with E-state index in [-0.39, 0.29) is 17.6 Å². The third-order valence-electron chi connectivity index (χ3n) is 5.04. The van der Waals surface area contributed by atoms with Gasteiger partial charge >= 0.3 is 5.97 Å². The Balaban J connectivity index is 1.81. The van der Waals surface area contributed by atoms with Gasteiger partial charge in [-0.15, -0.1) is 0 Å². The second-order valence-corrected chi connectivity index (χ2v) is 8.06. The van der Waals surface area contributed by atoms with E-state index in [0.29, 0.717) is 33.5 Å². The molecule has 2 aromatic carbocycles. The van der Waals surface area contributed by atoms with Crippen molar-refractivity contribution in [3.63, 3.8) is 0 Å². The summed E-state index contributed by atoms with van der Waals surface area (Å²) in [6, 6.07) is 12.2. The van der Waals surface area contributed by atoms with Crippen molar-refractivity contribution < 1.29 is 19.4 Å². The van der Waals surface area contributed by atoms with Crippen molar-refractivity contribution in [1.82, 2.24) is 4.90 Å². The van der Waals surface area contributed by atoms with Gasteiger partial charge in [-0.3, -0.25) is 9.69 Å². The summed E-state index contributed by atoms with van der Waals surface area (Å²) in [5.41, 5.74) is 2.58. The molecule has 168 valence electrons. The van der Waals surface area contributed by atoms with E-state index in [1.807, 2.05) is 12.1 Å². The Bertz CT molecular complexity index is 1060. The second-order valence-electron chi connectivity index (χ2n) is 7.05. The zero-order valence-corrected chi connectivity index (χ0v) is 19.5. The first kappa shape index (κ1) is 23.4. The number of anilines is 1. The van der Waals surface area contributed by atoms with Crippen molar-refractivity contribution in [2.24, 2.45) is 4.99 Å². The number of aliphatic imine (C=N–C) groups is 1. The van der Waals surface area contributed by atoms with E-state index in [1.54, 1.807) is 50.4 Å². The Morgan fingerprint density at radius 1 is 1.16 bits per heavy atom. The maximum absolute atomic E-state index is 12.7.